The van der Waals surface area contributed by atoms with E-state index in [1.165, 1.54) is 19.3 Å². The lowest BCUT2D eigenvalue weighted by atomic mass is 9.92. The number of hydrogen-bond acceptors (Lipinski definition) is 2. The van der Waals surface area contributed by atoms with Crippen LogP contribution in [0.25, 0.3) is 0 Å². The van der Waals surface area contributed by atoms with Crippen LogP contribution in [0.5, 0.6) is 0 Å². The standard InChI is InChI=1S/C12H23NO2/c1-3-9(2)11(12(14)15)13-10-7-5-4-6-8-10/h9-11,13H,3-8H2,1-2H3,(H,14,15). The normalized spacial score (nSPS) is 22.3. The Kier molecular flexibility index (Phi) is 5.09. The van der Waals surface area contributed by atoms with Gasteiger partial charge in [-0.2, -0.15) is 0 Å². The molecule has 0 heterocycles. The molecular weight excluding hydrogens is 190 g/mol. The maximum Gasteiger partial charge on any atom is 0.320 e. The summed E-state index contributed by atoms with van der Waals surface area (Å²) in [7, 11) is 0. The molecule has 0 aliphatic heterocycles. The first-order valence-electron chi connectivity index (χ1n) is 6.14. The van der Waals surface area contributed by atoms with E-state index < -0.39 is 5.97 Å². The summed E-state index contributed by atoms with van der Waals surface area (Å²) in [6.07, 6.45) is 6.98. The van der Waals surface area contributed by atoms with Gasteiger partial charge >= 0.3 is 5.97 Å². The van der Waals surface area contributed by atoms with E-state index >= 15 is 0 Å². The van der Waals surface area contributed by atoms with Crippen molar-refractivity contribution in [3.8, 4) is 0 Å². The Morgan fingerprint density at radius 3 is 2.47 bits per heavy atom. The number of hydrogen-bond donors (Lipinski definition) is 2. The molecule has 0 aromatic carbocycles. The quantitative estimate of drug-likeness (QED) is 0.737. The molecule has 15 heavy (non-hydrogen) atoms. The van der Waals surface area contributed by atoms with Crippen LogP contribution in [0, 0.1) is 5.92 Å². The number of nitrogens with one attached hydrogen (secondary N) is 1. The average Bonchev–Trinajstić information content (AvgIpc) is 2.26. The van der Waals surface area contributed by atoms with Crippen LogP contribution in [0.4, 0.5) is 0 Å². The largest absolute Gasteiger partial charge is 0.480 e. The molecule has 0 aromatic heterocycles. The summed E-state index contributed by atoms with van der Waals surface area (Å²) in [5, 5.41) is 12.4. The Morgan fingerprint density at radius 1 is 1.40 bits per heavy atom. The molecule has 0 amide bonds. The van der Waals surface area contributed by atoms with Gasteiger partial charge in [0.2, 0.25) is 0 Å². The minimum absolute atomic E-state index is 0.212. The molecule has 2 unspecified atom stereocenters. The van der Waals surface area contributed by atoms with E-state index in [1.54, 1.807) is 0 Å². The van der Waals surface area contributed by atoms with Crippen LogP contribution >= 0.6 is 0 Å². The van der Waals surface area contributed by atoms with Gasteiger partial charge in [0, 0.05) is 6.04 Å². The van der Waals surface area contributed by atoms with E-state index in [1.807, 2.05) is 13.8 Å². The Morgan fingerprint density at radius 2 is 2.00 bits per heavy atom. The smallest absolute Gasteiger partial charge is 0.320 e. The molecular formula is C12H23NO2. The third kappa shape index (κ3) is 3.82. The summed E-state index contributed by atoms with van der Waals surface area (Å²) in [6, 6.07) is 0.0620. The van der Waals surface area contributed by atoms with E-state index in [0.717, 1.165) is 19.3 Å². The van der Waals surface area contributed by atoms with Crippen LogP contribution in [0.2, 0.25) is 0 Å². The molecule has 2 atom stereocenters. The van der Waals surface area contributed by atoms with Gasteiger partial charge < -0.3 is 10.4 Å². The van der Waals surface area contributed by atoms with Gasteiger partial charge in [-0.1, -0.05) is 39.5 Å². The van der Waals surface area contributed by atoms with Gasteiger partial charge in [-0.25, -0.2) is 0 Å². The number of carbonyl (C=O) groups is 1. The third-order valence-corrected chi connectivity index (χ3v) is 3.50. The molecule has 1 aliphatic rings. The average molecular weight is 213 g/mol. The molecule has 1 aliphatic carbocycles. The van der Waals surface area contributed by atoms with Crippen LogP contribution < -0.4 is 5.32 Å². The molecule has 3 heteroatoms. The number of rotatable bonds is 5. The highest BCUT2D eigenvalue weighted by Crippen LogP contribution is 2.19. The van der Waals surface area contributed by atoms with Gasteiger partial charge in [0.1, 0.15) is 6.04 Å². The van der Waals surface area contributed by atoms with Crippen LogP contribution in [0.3, 0.4) is 0 Å². The molecule has 1 fully saturated rings. The highest BCUT2D eigenvalue weighted by atomic mass is 16.4. The predicted molar refractivity (Wildman–Crippen MR) is 60.9 cm³/mol. The Labute approximate surface area is 92.3 Å². The summed E-state index contributed by atoms with van der Waals surface area (Å²) >= 11 is 0. The molecule has 3 nitrogen and oxygen atoms in total. The lowest BCUT2D eigenvalue weighted by molar-refractivity contribution is -0.141. The highest BCUT2D eigenvalue weighted by molar-refractivity contribution is 5.73. The van der Waals surface area contributed by atoms with Crippen molar-refractivity contribution in [2.24, 2.45) is 5.92 Å². The van der Waals surface area contributed by atoms with Crippen LogP contribution in [0.15, 0.2) is 0 Å². The summed E-state index contributed by atoms with van der Waals surface area (Å²) in [5.74, 6) is -0.487. The maximum atomic E-state index is 11.1. The van der Waals surface area contributed by atoms with Gasteiger partial charge in [0.15, 0.2) is 0 Å². The molecule has 2 N–H and O–H groups in total. The highest BCUT2D eigenvalue weighted by Gasteiger charge is 2.26. The van der Waals surface area contributed by atoms with Crippen molar-refractivity contribution in [1.82, 2.24) is 5.32 Å². The van der Waals surface area contributed by atoms with Gasteiger partial charge in [-0.15, -0.1) is 0 Å². The minimum Gasteiger partial charge on any atom is -0.480 e. The number of carboxylic acids is 1. The second-order valence-corrected chi connectivity index (χ2v) is 4.70. The summed E-state index contributed by atoms with van der Waals surface area (Å²) in [4.78, 5) is 11.1. The first kappa shape index (κ1) is 12.5. The zero-order valence-electron chi connectivity index (χ0n) is 9.83. The van der Waals surface area contributed by atoms with E-state index in [2.05, 4.69) is 5.32 Å². The predicted octanol–water partition coefficient (Wildman–Crippen LogP) is 2.41. The number of carboxylic acid groups (broad SMARTS) is 1. The topological polar surface area (TPSA) is 49.3 Å². The van der Waals surface area contributed by atoms with Crippen molar-refractivity contribution in [2.75, 3.05) is 0 Å². The van der Waals surface area contributed by atoms with E-state index in [9.17, 15) is 4.79 Å². The van der Waals surface area contributed by atoms with Crippen molar-refractivity contribution in [2.45, 2.75) is 64.5 Å². The second-order valence-electron chi connectivity index (χ2n) is 4.70. The van der Waals surface area contributed by atoms with Crippen molar-refractivity contribution in [3.05, 3.63) is 0 Å². The van der Waals surface area contributed by atoms with E-state index in [-0.39, 0.29) is 12.0 Å². The Balaban J connectivity index is 2.45. The van der Waals surface area contributed by atoms with Gasteiger partial charge in [-0.05, 0) is 18.8 Å². The van der Waals surface area contributed by atoms with Crippen LogP contribution in [-0.4, -0.2) is 23.2 Å². The molecule has 0 aromatic rings. The fourth-order valence-electron chi connectivity index (χ4n) is 2.24. The summed E-state index contributed by atoms with van der Waals surface area (Å²) < 4.78 is 0. The van der Waals surface area contributed by atoms with Crippen LogP contribution in [-0.2, 0) is 4.79 Å². The second kappa shape index (κ2) is 6.11. The fraction of sp³-hybridized carbons (Fsp3) is 0.917. The van der Waals surface area contributed by atoms with Crippen LogP contribution in [0.1, 0.15) is 52.4 Å². The summed E-state index contributed by atoms with van der Waals surface area (Å²) in [6.45, 7) is 4.05. The first-order chi connectivity index (χ1) is 7.15. The minimum atomic E-state index is -0.699. The first-order valence-corrected chi connectivity index (χ1v) is 6.14. The lowest BCUT2D eigenvalue weighted by Gasteiger charge is -2.29. The van der Waals surface area contributed by atoms with Gasteiger partial charge in [0.05, 0.1) is 0 Å². The monoisotopic (exact) mass is 213 g/mol. The summed E-state index contributed by atoms with van der Waals surface area (Å²) in [5.41, 5.74) is 0. The SMILES string of the molecule is CCC(C)C(NC1CCCCC1)C(=O)O. The zero-order valence-corrected chi connectivity index (χ0v) is 9.83. The van der Waals surface area contributed by atoms with E-state index in [0.29, 0.717) is 6.04 Å². The van der Waals surface area contributed by atoms with Crippen molar-refractivity contribution < 1.29 is 9.90 Å². The zero-order chi connectivity index (χ0) is 11.3. The maximum absolute atomic E-state index is 11.1. The van der Waals surface area contributed by atoms with Crippen molar-refractivity contribution in [1.29, 1.82) is 0 Å². The Hall–Kier alpha value is -0.570. The molecule has 88 valence electrons. The molecule has 0 radical (unpaired) electrons. The van der Waals surface area contributed by atoms with Crippen molar-refractivity contribution in [3.63, 3.8) is 0 Å². The molecule has 1 rings (SSSR count). The fourth-order valence-corrected chi connectivity index (χ4v) is 2.24. The lowest BCUT2D eigenvalue weighted by Crippen LogP contribution is -2.47. The van der Waals surface area contributed by atoms with Gasteiger partial charge in [-0.3, -0.25) is 4.79 Å². The molecule has 0 bridgehead atoms. The van der Waals surface area contributed by atoms with E-state index in [4.69, 9.17) is 5.11 Å². The third-order valence-electron chi connectivity index (χ3n) is 3.50. The van der Waals surface area contributed by atoms with Crippen molar-refractivity contribution >= 4 is 5.97 Å². The molecule has 0 saturated heterocycles. The Bertz CT molecular complexity index is 200. The van der Waals surface area contributed by atoms with Gasteiger partial charge in [0.25, 0.3) is 0 Å². The molecule has 1 saturated carbocycles. The molecule has 0 spiro atoms. The number of aliphatic carboxylic acids is 1.